The molecule has 0 bridgehead atoms. The molecule has 1 N–H and O–H groups in total. The van der Waals surface area contributed by atoms with Gasteiger partial charge in [0.1, 0.15) is 11.4 Å². The molecule has 1 aromatic carbocycles. The van der Waals surface area contributed by atoms with Crippen molar-refractivity contribution >= 4 is 33.4 Å². The Bertz CT molecular complexity index is 929. The van der Waals surface area contributed by atoms with E-state index in [2.05, 4.69) is 36.3 Å². The number of aromatic nitrogens is 4. The van der Waals surface area contributed by atoms with Crippen LogP contribution in [0.25, 0.3) is 11.3 Å². The molecule has 3 aromatic rings. The highest BCUT2D eigenvalue weighted by atomic mass is 79.9. The predicted molar refractivity (Wildman–Crippen MR) is 102 cm³/mol. The zero-order valence-corrected chi connectivity index (χ0v) is 16.0. The maximum Gasteiger partial charge on any atom is 0.273 e. The standard InChI is InChI=1S/C18H15BrClN5O/c19-15-16(12-5-7-21-22-9-12)23-24-17(15)18(26)25-8-6-13(10-25)11-1-3-14(20)4-2-11/h1-5,7,9,13H,6,8,10H2,(H,23,24)/t13-/m1/s1. The maximum atomic E-state index is 12.9. The lowest BCUT2D eigenvalue weighted by Crippen LogP contribution is -2.29. The first-order valence-corrected chi connectivity index (χ1v) is 9.36. The van der Waals surface area contributed by atoms with Gasteiger partial charge in [0.15, 0.2) is 0 Å². The van der Waals surface area contributed by atoms with E-state index in [0.29, 0.717) is 34.9 Å². The normalized spacial score (nSPS) is 16.8. The number of hydrogen-bond acceptors (Lipinski definition) is 4. The molecule has 1 atom stereocenters. The van der Waals surface area contributed by atoms with Crippen molar-refractivity contribution in [3.8, 4) is 11.3 Å². The molecule has 1 aliphatic heterocycles. The summed E-state index contributed by atoms with van der Waals surface area (Å²) in [5, 5.41) is 15.5. The maximum absolute atomic E-state index is 12.9. The molecular weight excluding hydrogens is 418 g/mol. The van der Waals surface area contributed by atoms with E-state index in [0.717, 1.165) is 17.0 Å². The van der Waals surface area contributed by atoms with E-state index in [1.807, 2.05) is 29.2 Å². The summed E-state index contributed by atoms with van der Waals surface area (Å²) in [5.41, 5.74) is 3.10. The third-order valence-corrected chi connectivity index (χ3v) is 5.62. The Balaban J connectivity index is 1.52. The van der Waals surface area contributed by atoms with Gasteiger partial charge in [0.2, 0.25) is 0 Å². The first-order chi connectivity index (χ1) is 12.6. The number of likely N-dealkylation sites (tertiary alicyclic amines) is 1. The van der Waals surface area contributed by atoms with Crippen molar-refractivity contribution < 1.29 is 4.79 Å². The monoisotopic (exact) mass is 431 g/mol. The summed E-state index contributed by atoms with van der Waals surface area (Å²) in [4.78, 5) is 14.8. The Morgan fingerprint density at radius 1 is 1.23 bits per heavy atom. The molecule has 2 aromatic heterocycles. The van der Waals surface area contributed by atoms with Crippen molar-refractivity contribution in [2.45, 2.75) is 12.3 Å². The fourth-order valence-electron chi connectivity index (χ4n) is 3.20. The van der Waals surface area contributed by atoms with Crippen LogP contribution in [0.15, 0.2) is 47.2 Å². The van der Waals surface area contributed by atoms with E-state index in [4.69, 9.17) is 11.6 Å². The summed E-state index contributed by atoms with van der Waals surface area (Å²) < 4.78 is 0.644. The number of amides is 1. The van der Waals surface area contributed by atoms with Crippen molar-refractivity contribution in [3.05, 3.63) is 63.5 Å². The molecule has 0 saturated carbocycles. The number of carbonyl (C=O) groups excluding carboxylic acids is 1. The third-order valence-electron chi connectivity index (χ3n) is 4.60. The van der Waals surface area contributed by atoms with Crippen LogP contribution in [0, 0.1) is 0 Å². The quantitative estimate of drug-likeness (QED) is 0.681. The topological polar surface area (TPSA) is 74.8 Å². The lowest BCUT2D eigenvalue weighted by molar-refractivity contribution is 0.0784. The van der Waals surface area contributed by atoms with Crippen LogP contribution in [0.4, 0.5) is 0 Å². The molecule has 6 nitrogen and oxygen atoms in total. The van der Waals surface area contributed by atoms with E-state index >= 15 is 0 Å². The van der Waals surface area contributed by atoms with Crippen LogP contribution in [0.5, 0.6) is 0 Å². The average Bonchev–Trinajstić information content (AvgIpc) is 3.30. The van der Waals surface area contributed by atoms with Gasteiger partial charge in [-0.3, -0.25) is 9.89 Å². The number of halogens is 2. The molecule has 0 aliphatic carbocycles. The van der Waals surface area contributed by atoms with Gasteiger partial charge in [-0.05, 0) is 46.1 Å². The molecule has 4 rings (SSSR count). The second kappa shape index (κ2) is 7.17. The first-order valence-electron chi connectivity index (χ1n) is 8.19. The van der Waals surface area contributed by atoms with E-state index in [9.17, 15) is 4.79 Å². The number of aromatic amines is 1. The van der Waals surface area contributed by atoms with Gasteiger partial charge in [-0.1, -0.05) is 23.7 Å². The van der Waals surface area contributed by atoms with E-state index in [-0.39, 0.29) is 5.91 Å². The third kappa shape index (κ3) is 3.24. The predicted octanol–water partition coefficient (Wildman–Crippen LogP) is 3.91. The number of benzene rings is 1. The second-order valence-corrected chi connectivity index (χ2v) is 7.41. The van der Waals surface area contributed by atoms with Gasteiger partial charge in [-0.2, -0.15) is 15.3 Å². The van der Waals surface area contributed by atoms with Crippen molar-refractivity contribution in [2.24, 2.45) is 0 Å². The van der Waals surface area contributed by atoms with Crippen molar-refractivity contribution in [1.82, 2.24) is 25.3 Å². The minimum atomic E-state index is -0.0610. The molecular formula is C18H15BrClN5O. The lowest BCUT2D eigenvalue weighted by Gasteiger charge is -2.16. The Hall–Kier alpha value is -2.25. The molecule has 1 aliphatic rings. The number of rotatable bonds is 3. The highest BCUT2D eigenvalue weighted by Crippen LogP contribution is 2.32. The number of nitrogens with one attached hydrogen (secondary N) is 1. The first kappa shape index (κ1) is 17.2. The van der Waals surface area contributed by atoms with Gasteiger partial charge >= 0.3 is 0 Å². The molecule has 8 heteroatoms. The van der Waals surface area contributed by atoms with Crippen LogP contribution in [-0.2, 0) is 0 Å². The highest BCUT2D eigenvalue weighted by molar-refractivity contribution is 9.10. The van der Waals surface area contributed by atoms with Gasteiger partial charge in [-0.25, -0.2) is 0 Å². The van der Waals surface area contributed by atoms with Crippen molar-refractivity contribution in [1.29, 1.82) is 0 Å². The molecule has 1 fully saturated rings. The van der Waals surface area contributed by atoms with Crippen LogP contribution in [-0.4, -0.2) is 44.3 Å². The SMILES string of the molecule is O=C(c1[nH]nc(-c2ccnnc2)c1Br)N1CC[C@@H](c2ccc(Cl)cc2)C1. The summed E-state index contributed by atoms with van der Waals surface area (Å²) in [6, 6.07) is 9.64. The van der Waals surface area contributed by atoms with Crippen LogP contribution >= 0.6 is 27.5 Å². The highest BCUT2D eigenvalue weighted by Gasteiger charge is 2.30. The number of hydrogen-bond donors (Lipinski definition) is 1. The van der Waals surface area contributed by atoms with Crippen molar-refractivity contribution in [3.63, 3.8) is 0 Å². The van der Waals surface area contributed by atoms with E-state index < -0.39 is 0 Å². The molecule has 0 spiro atoms. The minimum absolute atomic E-state index is 0.0610. The van der Waals surface area contributed by atoms with Gasteiger partial charge in [-0.15, -0.1) is 0 Å². The largest absolute Gasteiger partial charge is 0.337 e. The Morgan fingerprint density at radius 3 is 2.77 bits per heavy atom. The molecule has 1 saturated heterocycles. The van der Waals surface area contributed by atoms with E-state index in [1.165, 1.54) is 5.56 Å². The molecule has 26 heavy (non-hydrogen) atoms. The molecule has 0 radical (unpaired) electrons. The zero-order valence-electron chi connectivity index (χ0n) is 13.7. The fraction of sp³-hybridized carbons (Fsp3) is 0.222. The van der Waals surface area contributed by atoms with Crippen LogP contribution in [0.3, 0.4) is 0 Å². The van der Waals surface area contributed by atoms with Crippen LogP contribution < -0.4 is 0 Å². The second-order valence-electron chi connectivity index (χ2n) is 6.18. The summed E-state index contributed by atoms with van der Waals surface area (Å²) in [7, 11) is 0. The summed E-state index contributed by atoms with van der Waals surface area (Å²) in [6.07, 6.45) is 4.14. The molecule has 3 heterocycles. The minimum Gasteiger partial charge on any atom is -0.337 e. The lowest BCUT2D eigenvalue weighted by atomic mass is 9.99. The van der Waals surface area contributed by atoms with Gasteiger partial charge in [0, 0.05) is 29.6 Å². The fourth-order valence-corrected chi connectivity index (χ4v) is 3.90. The number of H-pyrrole nitrogens is 1. The summed E-state index contributed by atoms with van der Waals surface area (Å²) >= 11 is 9.46. The number of nitrogens with zero attached hydrogens (tertiary/aromatic N) is 4. The molecule has 0 unspecified atom stereocenters. The van der Waals surface area contributed by atoms with Crippen molar-refractivity contribution in [2.75, 3.05) is 13.1 Å². The summed E-state index contributed by atoms with van der Waals surface area (Å²) in [5.74, 6) is 0.260. The Morgan fingerprint density at radius 2 is 2.04 bits per heavy atom. The smallest absolute Gasteiger partial charge is 0.273 e. The Labute approximate surface area is 163 Å². The molecule has 1 amide bonds. The summed E-state index contributed by atoms with van der Waals surface area (Å²) in [6.45, 7) is 1.39. The van der Waals surface area contributed by atoms with E-state index in [1.54, 1.807) is 18.5 Å². The van der Waals surface area contributed by atoms with Gasteiger partial charge in [0.05, 0.1) is 16.9 Å². The zero-order chi connectivity index (χ0) is 18.1. The average molecular weight is 433 g/mol. The Kier molecular flexibility index (Phi) is 4.74. The number of carbonyl (C=O) groups is 1. The van der Waals surface area contributed by atoms with Crippen LogP contribution in [0.1, 0.15) is 28.4 Å². The van der Waals surface area contributed by atoms with Gasteiger partial charge in [0.25, 0.3) is 5.91 Å². The van der Waals surface area contributed by atoms with Crippen LogP contribution in [0.2, 0.25) is 5.02 Å². The van der Waals surface area contributed by atoms with Gasteiger partial charge < -0.3 is 4.90 Å². The molecule has 132 valence electrons.